The summed E-state index contributed by atoms with van der Waals surface area (Å²) in [5.74, 6) is 0.530. The highest BCUT2D eigenvalue weighted by molar-refractivity contribution is 8.26. The normalized spacial score (nSPS) is 19.2. The zero-order valence-corrected chi connectivity index (χ0v) is 23.5. The topological polar surface area (TPSA) is 18.5 Å². The number of rotatable bonds is 7. The Morgan fingerprint density at radius 3 is 1.74 bits per heavy atom. The Morgan fingerprint density at radius 2 is 1.26 bits per heavy atom. The van der Waals surface area contributed by atoms with Gasteiger partial charge in [-0.05, 0) is 72.9 Å². The third kappa shape index (κ3) is 6.20. The molecule has 190 valence electrons. The fourth-order valence-corrected chi connectivity index (χ4v) is 7.71. The fraction of sp³-hybridized carbons (Fsp3) is 0.438. The summed E-state index contributed by atoms with van der Waals surface area (Å²) in [6, 6.07) is 30.0. The molecule has 0 aliphatic heterocycles. The van der Waals surface area contributed by atoms with Gasteiger partial charge in [0.25, 0.3) is 0 Å². The molecule has 3 aromatic carbocycles. The van der Waals surface area contributed by atoms with Crippen LogP contribution in [0.3, 0.4) is 0 Å². The quantitative estimate of drug-likeness (QED) is 0.326. The predicted molar refractivity (Wildman–Crippen MR) is 151 cm³/mol. The van der Waals surface area contributed by atoms with Crippen LogP contribution < -0.4 is 0 Å². The summed E-state index contributed by atoms with van der Waals surface area (Å²) in [5, 5.41) is 0. The van der Waals surface area contributed by atoms with Gasteiger partial charge >= 0.3 is 0 Å². The smallest absolute Gasteiger partial charge is 0.108 e. The Hall–Kier alpha value is -2.07. The van der Waals surface area contributed by atoms with Crippen LogP contribution >= 0.6 is 10.6 Å². The zero-order valence-electron chi connectivity index (χ0n) is 22.7. The number of hydrogen-bond donors (Lipinski definition) is 0. The Morgan fingerprint density at radius 1 is 0.771 bits per heavy atom. The molecule has 0 heterocycles. The van der Waals surface area contributed by atoms with Gasteiger partial charge in [0.15, 0.2) is 0 Å². The third-order valence-electron chi connectivity index (χ3n) is 6.71. The van der Waals surface area contributed by atoms with Crippen LogP contribution in [0.2, 0.25) is 0 Å². The van der Waals surface area contributed by atoms with E-state index in [1.807, 2.05) is 13.8 Å². The highest BCUT2D eigenvalue weighted by Crippen LogP contribution is 2.68. The van der Waals surface area contributed by atoms with Gasteiger partial charge in [0.1, 0.15) is 6.10 Å². The standard InChI is InChI=1S/C30H38O2S.C2H6/c1-6-23(2)31-33(24-15-9-7-10-16-24,25-17-11-8-12-18-25)32-29-22-21-28(30(3,4)5)26-19-13-14-20-27(26)29;1-2/h7-20,23,28-29H,6,21-22H2,1-5H3;1-2H3. The molecule has 0 saturated carbocycles. The first-order valence-corrected chi connectivity index (χ1v) is 14.7. The van der Waals surface area contributed by atoms with Crippen molar-refractivity contribution in [3.05, 3.63) is 96.1 Å². The lowest BCUT2D eigenvalue weighted by atomic mass is 9.69. The molecule has 35 heavy (non-hydrogen) atoms. The summed E-state index contributed by atoms with van der Waals surface area (Å²) in [4.78, 5) is 2.24. The van der Waals surface area contributed by atoms with E-state index in [1.54, 1.807) is 0 Å². The second-order valence-corrected chi connectivity index (χ2v) is 12.5. The molecule has 0 spiro atoms. The molecule has 0 radical (unpaired) electrons. The second kappa shape index (κ2) is 12.3. The van der Waals surface area contributed by atoms with Crippen LogP contribution in [0.25, 0.3) is 0 Å². The van der Waals surface area contributed by atoms with Crippen molar-refractivity contribution in [2.75, 3.05) is 0 Å². The van der Waals surface area contributed by atoms with Crippen molar-refractivity contribution in [1.82, 2.24) is 0 Å². The van der Waals surface area contributed by atoms with Crippen molar-refractivity contribution >= 4 is 10.6 Å². The van der Waals surface area contributed by atoms with E-state index in [0.717, 1.165) is 29.1 Å². The number of hydrogen-bond acceptors (Lipinski definition) is 2. The largest absolute Gasteiger partial charge is 0.272 e. The Balaban J connectivity index is 0.00000167. The molecule has 3 heteroatoms. The van der Waals surface area contributed by atoms with Gasteiger partial charge in [-0.25, -0.2) is 0 Å². The predicted octanol–water partition coefficient (Wildman–Crippen LogP) is 10.3. The van der Waals surface area contributed by atoms with Gasteiger partial charge < -0.3 is 0 Å². The summed E-state index contributed by atoms with van der Waals surface area (Å²) < 4.78 is 14.2. The van der Waals surface area contributed by atoms with Gasteiger partial charge in [-0.15, -0.1) is 10.6 Å². The minimum Gasteiger partial charge on any atom is -0.272 e. The third-order valence-corrected chi connectivity index (χ3v) is 9.60. The molecule has 0 N–H and O–H groups in total. The van der Waals surface area contributed by atoms with E-state index < -0.39 is 10.6 Å². The van der Waals surface area contributed by atoms with E-state index in [-0.39, 0.29) is 17.6 Å². The fourth-order valence-electron chi connectivity index (χ4n) is 4.79. The molecule has 0 fully saturated rings. The van der Waals surface area contributed by atoms with Gasteiger partial charge in [0, 0.05) is 0 Å². The van der Waals surface area contributed by atoms with E-state index in [0.29, 0.717) is 5.92 Å². The molecule has 1 aliphatic rings. The van der Waals surface area contributed by atoms with E-state index in [9.17, 15) is 0 Å². The lowest BCUT2D eigenvalue weighted by Crippen LogP contribution is -2.27. The summed E-state index contributed by atoms with van der Waals surface area (Å²) in [5.41, 5.74) is 2.97. The van der Waals surface area contributed by atoms with Gasteiger partial charge in [0.2, 0.25) is 0 Å². The number of fused-ring (bicyclic) bond motifs is 1. The van der Waals surface area contributed by atoms with Crippen molar-refractivity contribution in [1.29, 1.82) is 0 Å². The van der Waals surface area contributed by atoms with Crippen LogP contribution in [0.1, 0.15) is 90.9 Å². The molecule has 3 aromatic rings. The molecule has 0 aromatic heterocycles. The molecular formula is C32H44O2S. The van der Waals surface area contributed by atoms with E-state index in [1.165, 1.54) is 11.1 Å². The lowest BCUT2D eigenvalue weighted by molar-refractivity contribution is 0.130. The molecule has 0 bridgehead atoms. The van der Waals surface area contributed by atoms with Crippen molar-refractivity contribution < 1.29 is 8.37 Å². The maximum atomic E-state index is 7.27. The summed E-state index contributed by atoms with van der Waals surface area (Å²) >= 11 is 0. The van der Waals surface area contributed by atoms with Crippen LogP contribution in [0.5, 0.6) is 0 Å². The van der Waals surface area contributed by atoms with Gasteiger partial charge in [0.05, 0.1) is 15.9 Å². The van der Waals surface area contributed by atoms with Gasteiger partial charge in [-0.2, -0.15) is 0 Å². The SMILES string of the molecule is CC.CCC(C)OS(OC1CCC(C(C)(C)C)c2ccccc21)(c1ccccc1)c1ccccc1. The Kier molecular flexibility index (Phi) is 9.63. The zero-order chi connectivity index (χ0) is 25.5. The summed E-state index contributed by atoms with van der Waals surface area (Å²) in [6.07, 6.45) is 3.14. The van der Waals surface area contributed by atoms with Crippen LogP contribution in [0, 0.1) is 5.41 Å². The molecular weight excluding hydrogens is 448 g/mol. The second-order valence-electron chi connectivity index (χ2n) is 10.2. The average molecular weight is 493 g/mol. The van der Waals surface area contributed by atoms with E-state index in [4.69, 9.17) is 8.37 Å². The van der Waals surface area contributed by atoms with Crippen LogP contribution in [0.15, 0.2) is 94.7 Å². The molecule has 0 saturated heterocycles. The van der Waals surface area contributed by atoms with Crippen molar-refractivity contribution in [3.63, 3.8) is 0 Å². The molecule has 4 rings (SSSR count). The monoisotopic (exact) mass is 492 g/mol. The minimum atomic E-state index is -2.16. The molecule has 3 unspecified atom stereocenters. The average Bonchev–Trinajstić information content (AvgIpc) is 2.89. The van der Waals surface area contributed by atoms with E-state index >= 15 is 0 Å². The van der Waals surface area contributed by atoms with Crippen molar-refractivity contribution in [3.8, 4) is 0 Å². The molecule has 1 aliphatic carbocycles. The Labute approximate surface area is 215 Å². The van der Waals surface area contributed by atoms with Crippen molar-refractivity contribution in [2.24, 2.45) is 5.41 Å². The highest BCUT2D eigenvalue weighted by atomic mass is 32.3. The first-order chi connectivity index (χ1) is 16.8. The lowest BCUT2D eigenvalue weighted by Gasteiger charge is -2.49. The number of benzene rings is 3. The Bertz CT molecular complexity index is 987. The van der Waals surface area contributed by atoms with Gasteiger partial charge in [-0.3, -0.25) is 8.37 Å². The summed E-state index contributed by atoms with van der Waals surface area (Å²) in [7, 11) is -2.16. The molecule has 2 nitrogen and oxygen atoms in total. The minimum absolute atomic E-state index is 0.000677. The van der Waals surface area contributed by atoms with Crippen LogP contribution in [-0.2, 0) is 8.37 Å². The van der Waals surface area contributed by atoms with Crippen LogP contribution in [0.4, 0.5) is 0 Å². The maximum Gasteiger partial charge on any atom is 0.108 e. The molecule has 3 atom stereocenters. The van der Waals surface area contributed by atoms with Gasteiger partial charge in [-0.1, -0.05) is 102 Å². The summed E-state index contributed by atoms with van der Waals surface area (Å²) in [6.45, 7) is 15.4. The maximum absolute atomic E-state index is 7.27. The molecule has 0 amide bonds. The van der Waals surface area contributed by atoms with Crippen molar-refractivity contribution in [2.45, 2.75) is 95.6 Å². The first-order valence-electron chi connectivity index (χ1n) is 13.2. The first kappa shape index (κ1) is 27.5. The van der Waals surface area contributed by atoms with Crippen LogP contribution in [-0.4, -0.2) is 6.10 Å². The van der Waals surface area contributed by atoms with E-state index in [2.05, 4.69) is 120 Å². The highest BCUT2D eigenvalue weighted by Gasteiger charge is 2.39.